The Morgan fingerprint density at radius 3 is 1.43 bits per heavy atom. The van der Waals surface area contributed by atoms with E-state index in [2.05, 4.69) is 86.8 Å². The zero-order valence-corrected chi connectivity index (χ0v) is 30.1. The maximum Gasteiger partial charge on any atom is 0.306 e. The highest BCUT2D eigenvalue weighted by atomic mass is 16.6. The van der Waals surface area contributed by atoms with Crippen molar-refractivity contribution in [3.05, 3.63) is 72.9 Å². The van der Waals surface area contributed by atoms with Gasteiger partial charge in [0.05, 0.1) is 13.2 Å². The highest BCUT2D eigenvalue weighted by molar-refractivity contribution is 5.69. The summed E-state index contributed by atoms with van der Waals surface area (Å²) < 4.78 is 11.1. The largest absolute Gasteiger partial charge is 0.457 e. The molecule has 0 heterocycles. The van der Waals surface area contributed by atoms with Gasteiger partial charge in [0.25, 0.3) is 0 Å². The van der Waals surface area contributed by atoms with E-state index in [1.807, 2.05) is 0 Å². The van der Waals surface area contributed by atoms with Crippen LogP contribution >= 0.6 is 0 Å². The molecule has 0 radical (unpaired) electrons. The van der Waals surface area contributed by atoms with Gasteiger partial charge in [-0.25, -0.2) is 0 Å². The summed E-state index contributed by atoms with van der Waals surface area (Å²) in [7, 11) is 0. The first-order chi connectivity index (χ1) is 22.7. The lowest BCUT2D eigenvalue weighted by atomic mass is 10.0. The van der Waals surface area contributed by atoms with E-state index in [-0.39, 0.29) is 19.2 Å². The molecule has 1 N–H and O–H groups in total. The number of unbranched alkanes of at least 4 members (excludes halogenated alkanes) is 14. The van der Waals surface area contributed by atoms with Crippen LogP contribution in [-0.4, -0.2) is 37.0 Å². The summed E-state index contributed by atoms with van der Waals surface area (Å²) in [4.78, 5) is 12.1. The Morgan fingerprint density at radius 1 is 0.543 bits per heavy atom. The van der Waals surface area contributed by atoms with Crippen molar-refractivity contribution >= 4 is 5.97 Å². The predicted octanol–water partition coefficient (Wildman–Crippen LogP) is 12.3. The number of carbonyl (C=O) groups excluding carboxylic acids is 1. The molecule has 0 amide bonds. The Balaban J connectivity index is 3.59. The first-order valence-corrected chi connectivity index (χ1v) is 19.0. The van der Waals surface area contributed by atoms with Crippen LogP contribution in [-0.2, 0) is 14.3 Å². The van der Waals surface area contributed by atoms with Gasteiger partial charge < -0.3 is 14.6 Å². The highest BCUT2D eigenvalue weighted by Gasteiger charge is 2.13. The fourth-order valence-electron chi connectivity index (χ4n) is 4.98. The van der Waals surface area contributed by atoms with Crippen molar-refractivity contribution < 1.29 is 19.4 Å². The lowest BCUT2D eigenvalue weighted by Gasteiger charge is -2.15. The molecule has 0 bridgehead atoms. The molecule has 0 fully saturated rings. The fraction of sp³-hybridized carbons (Fsp3) is 0.690. The van der Waals surface area contributed by atoms with Crippen molar-refractivity contribution in [2.24, 2.45) is 0 Å². The van der Waals surface area contributed by atoms with E-state index < -0.39 is 6.10 Å². The van der Waals surface area contributed by atoms with Crippen LogP contribution < -0.4 is 0 Å². The fourth-order valence-corrected chi connectivity index (χ4v) is 4.98. The maximum atomic E-state index is 12.1. The van der Waals surface area contributed by atoms with Crippen LogP contribution in [0.2, 0.25) is 0 Å². The van der Waals surface area contributed by atoms with Crippen molar-refractivity contribution in [1.29, 1.82) is 0 Å². The molecule has 0 aliphatic rings. The van der Waals surface area contributed by atoms with Gasteiger partial charge in [0.1, 0.15) is 6.10 Å². The molecule has 4 heteroatoms. The molecule has 264 valence electrons. The maximum absolute atomic E-state index is 12.1. The van der Waals surface area contributed by atoms with Crippen LogP contribution in [0.15, 0.2) is 72.9 Å². The van der Waals surface area contributed by atoms with Gasteiger partial charge in [0.15, 0.2) is 0 Å². The third kappa shape index (κ3) is 36.3. The first-order valence-electron chi connectivity index (χ1n) is 19.0. The third-order valence-corrected chi connectivity index (χ3v) is 7.80. The molecule has 0 saturated heterocycles. The lowest BCUT2D eigenvalue weighted by Crippen LogP contribution is -2.27. The van der Waals surface area contributed by atoms with E-state index >= 15 is 0 Å². The van der Waals surface area contributed by atoms with Gasteiger partial charge in [-0.15, -0.1) is 0 Å². The van der Waals surface area contributed by atoms with E-state index in [0.29, 0.717) is 13.0 Å². The standard InChI is InChI=1S/C42H72O4/c1-3-5-7-9-11-13-15-17-18-19-20-21-22-23-24-25-27-29-31-33-35-37-42(44)46-41(39-43)40-45-38-36-34-32-30-28-26-16-14-12-10-8-6-4-2/h5,7,11,13,17-18,20-21,23-24,27,29,41,43H,3-4,6,8-10,12,14-16,19,22,25-26,28,30-40H2,1-2H3/b7-5-,13-11-,18-17-,21-20-,24-23-,29-27-. The van der Waals surface area contributed by atoms with Gasteiger partial charge in [-0.05, 0) is 64.2 Å². The van der Waals surface area contributed by atoms with Gasteiger partial charge in [-0.3, -0.25) is 4.79 Å². The minimum Gasteiger partial charge on any atom is -0.457 e. The molecule has 0 spiro atoms. The van der Waals surface area contributed by atoms with E-state index in [0.717, 1.165) is 64.2 Å². The zero-order valence-electron chi connectivity index (χ0n) is 30.1. The number of allylic oxidation sites excluding steroid dienone is 12. The molecule has 46 heavy (non-hydrogen) atoms. The van der Waals surface area contributed by atoms with Crippen molar-refractivity contribution in [3.63, 3.8) is 0 Å². The van der Waals surface area contributed by atoms with Crippen LogP contribution in [0.5, 0.6) is 0 Å². The van der Waals surface area contributed by atoms with Gasteiger partial charge in [-0.2, -0.15) is 0 Å². The molecule has 0 aromatic carbocycles. The molecule has 1 unspecified atom stereocenters. The number of rotatable bonds is 34. The second-order valence-electron chi connectivity index (χ2n) is 12.3. The Morgan fingerprint density at radius 2 is 0.978 bits per heavy atom. The number of aliphatic hydroxyl groups excluding tert-OH is 1. The Labute approximate surface area is 285 Å². The second kappa shape index (κ2) is 39.0. The Bertz CT molecular complexity index is 804. The van der Waals surface area contributed by atoms with Crippen molar-refractivity contribution in [1.82, 2.24) is 0 Å². The third-order valence-electron chi connectivity index (χ3n) is 7.80. The average Bonchev–Trinajstić information content (AvgIpc) is 3.06. The molecular weight excluding hydrogens is 568 g/mol. The predicted molar refractivity (Wildman–Crippen MR) is 200 cm³/mol. The topological polar surface area (TPSA) is 55.8 Å². The molecule has 0 saturated carbocycles. The summed E-state index contributed by atoms with van der Waals surface area (Å²) in [6, 6.07) is 0. The number of hydrogen-bond acceptors (Lipinski definition) is 4. The van der Waals surface area contributed by atoms with Crippen LogP contribution in [0, 0.1) is 0 Å². The summed E-state index contributed by atoms with van der Waals surface area (Å²) in [6.07, 6.45) is 52.3. The SMILES string of the molecule is CC/C=C\C/C=C\C/C=C\C/C=C\C/C=C\C/C=C\CCCCC(=O)OC(CO)COCCCCCCCCCCCCCCC. The lowest BCUT2D eigenvalue weighted by molar-refractivity contribution is -0.154. The average molecular weight is 641 g/mol. The molecule has 0 aromatic heterocycles. The Kier molecular flexibility index (Phi) is 37.2. The number of carbonyl (C=O) groups is 1. The Hall–Kier alpha value is -2.17. The zero-order chi connectivity index (χ0) is 33.4. The van der Waals surface area contributed by atoms with Gasteiger partial charge >= 0.3 is 5.97 Å². The second-order valence-corrected chi connectivity index (χ2v) is 12.3. The summed E-state index contributed by atoms with van der Waals surface area (Å²) >= 11 is 0. The van der Waals surface area contributed by atoms with E-state index in [9.17, 15) is 9.90 Å². The van der Waals surface area contributed by atoms with Crippen LogP contribution in [0.1, 0.15) is 162 Å². The summed E-state index contributed by atoms with van der Waals surface area (Å²) in [5.74, 6) is -0.244. The highest BCUT2D eigenvalue weighted by Crippen LogP contribution is 2.13. The summed E-state index contributed by atoms with van der Waals surface area (Å²) in [5, 5.41) is 9.55. The molecule has 0 aliphatic carbocycles. The number of esters is 1. The molecule has 1 atom stereocenters. The normalized spacial score (nSPS) is 13.2. The molecular formula is C42H72O4. The van der Waals surface area contributed by atoms with Crippen molar-refractivity contribution in [3.8, 4) is 0 Å². The van der Waals surface area contributed by atoms with E-state index in [4.69, 9.17) is 9.47 Å². The monoisotopic (exact) mass is 641 g/mol. The molecule has 0 aliphatic heterocycles. The minimum atomic E-state index is -0.558. The number of aliphatic hydroxyl groups is 1. The smallest absolute Gasteiger partial charge is 0.306 e. The molecule has 0 rings (SSSR count). The number of ether oxygens (including phenoxy) is 2. The van der Waals surface area contributed by atoms with E-state index in [1.54, 1.807) is 0 Å². The molecule has 0 aromatic rings. The first kappa shape index (κ1) is 43.8. The minimum absolute atomic E-state index is 0.192. The van der Waals surface area contributed by atoms with Crippen LogP contribution in [0.4, 0.5) is 0 Å². The van der Waals surface area contributed by atoms with Crippen LogP contribution in [0.3, 0.4) is 0 Å². The van der Waals surface area contributed by atoms with Crippen LogP contribution in [0.25, 0.3) is 0 Å². The van der Waals surface area contributed by atoms with Crippen molar-refractivity contribution in [2.45, 2.75) is 168 Å². The van der Waals surface area contributed by atoms with E-state index in [1.165, 1.54) is 77.0 Å². The molecule has 4 nitrogen and oxygen atoms in total. The van der Waals surface area contributed by atoms with Gasteiger partial charge in [-0.1, -0.05) is 164 Å². The number of hydrogen-bond donors (Lipinski definition) is 1. The van der Waals surface area contributed by atoms with Gasteiger partial charge in [0.2, 0.25) is 0 Å². The van der Waals surface area contributed by atoms with Crippen molar-refractivity contribution in [2.75, 3.05) is 19.8 Å². The quantitative estimate of drug-likeness (QED) is 0.0432. The summed E-state index contributed by atoms with van der Waals surface area (Å²) in [5.41, 5.74) is 0. The summed E-state index contributed by atoms with van der Waals surface area (Å²) in [6.45, 7) is 5.18. The van der Waals surface area contributed by atoms with Gasteiger partial charge in [0, 0.05) is 13.0 Å².